The lowest BCUT2D eigenvalue weighted by atomic mass is 9.95. The molecule has 4 rings (SSSR count). The van der Waals surface area contributed by atoms with Crippen LogP contribution in [0.3, 0.4) is 0 Å². The Morgan fingerprint density at radius 2 is 1.80 bits per heavy atom. The van der Waals surface area contributed by atoms with Gasteiger partial charge in [-0.3, -0.25) is 9.78 Å². The van der Waals surface area contributed by atoms with Gasteiger partial charge in [0, 0.05) is 37.9 Å². The molecule has 2 aliphatic heterocycles. The summed E-state index contributed by atoms with van der Waals surface area (Å²) in [6, 6.07) is 11.2. The molecule has 2 fully saturated rings. The van der Waals surface area contributed by atoms with Crippen LogP contribution in [0.1, 0.15) is 37.3 Å². The van der Waals surface area contributed by atoms with Crippen molar-refractivity contribution in [2.45, 2.75) is 36.6 Å². The van der Waals surface area contributed by atoms with Crippen LogP contribution in [0, 0.1) is 5.92 Å². The van der Waals surface area contributed by atoms with Crippen LogP contribution < -0.4 is 4.74 Å². The van der Waals surface area contributed by atoms with Gasteiger partial charge in [0.05, 0.1) is 13.2 Å². The van der Waals surface area contributed by atoms with Crippen LogP contribution >= 0.6 is 0 Å². The third-order valence-electron chi connectivity index (χ3n) is 6.11. The van der Waals surface area contributed by atoms with Crippen molar-refractivity contribution in [2.24, 2.45) is 5.92 Å². The zero-order chi connectivity index (χ0) is 21.1. The number of benzene rings is 1. The third kappa shape index (κ3) is 4.06. The first kappa shape index (κ1) is 20.8. The number of hydrogen-bond donors (Lipinski definition) is 0. The van der Waals surface area contributed by atoms with Crippen molar-refractivity contribution in [1.29, 1.82) is 0 Å². The maximum atomic E-state index is 13.3. The first-order chi connectivity index (χ1) is 14.5. The summed E-state index contributed by atoms with van der Waals surface area (Å²) in [4.78, 5) is 19.4. The lowest BCUT2D eigenvalue weighted by Gasteiger charge is -2.34. The van der Waals surface area contributed by atoms with E-state index in [0.717, 1.165) is 30.7 Å². The fourth-order valence-corrected chi connectivity index (χ4v) is 5.86. The highest BCUT2D eigenvalue weighted by Crippen LogP contribution is 2.35. The molecule has 1 atom stereocenters. The topological polar surface area (TPSA) is 79.8 Å². The van der Waals surface area contributed by atoms with E-state index in [1.807, 2.05) is 29.2 Å². The van der Waals surface area contributed by atoms with E-state index in [4.69, 9.17) is 4.74 Å². The number of aromatic nitrogens is 1. The minimum atomic E-state index is -3.56. The number of likely N-dealkylation sites (tertiary alicyclic amines) is 1. The molecule has 7 nitrogen and oxygen atoms in total. The Labute approximate surface area is 177 Å². The van der Waals surface area contributed by atoms with E-state index in [-0.39, 0.29) is 22.8 Å². The van der Waals surface area contributed by atoms with Crippen LogP contribution in [-0.4, -0.2) is 55.3 Å². The van der Waals surface area contributed by atoms with E-state index in [1.54, 1.807) is 25.4 Å². The highest BCUT2D eigenvalue weighted by molar-refractivity contribution is 7.89. The zero-order valence-electron chi connectivity index (χ0n) is 17.1. The maximum absolute atomic E-state index is 13.3. The maximum Gasteiger partial charge on any atom is 0.244 e. The molecule has 1 amide bonds. The predicted octanol–water partition coefficient (Wildman–Crippen LogP) is 2.85. The number of piperidine rings is 1. The molecule has 1 aromatic carbocycles. The Hall–Kier alpha value is -2.45. The number of rotatable bonds is 5. The number of carbonyl (C=O) groups excluding carboxylic acids is 1. The monoisotopic (exact) mass is 429 g/mol. The van der Waals surface area contributed by atoms with Gasteiger partial charge in [-0.2, -0.15) is 4.31 Å². The predicted molar refractivity (Wildman–Crippen MR) is 112 cm³/mol. The second-order valence-electron chi connectivity index (χ2n) is 7.83. The van der Waals surface area contributed by atoms with E-state index >= 15 is 0 Å². The molecule has 8 heteroatoms. The molecule has 30 heavy (non-hydrogen) atoms. The fourth-order valence-electron chi connectivity index (χ4n) is 4.43. The second-order valence-corrected chi connectivity index (χ2v) is 9.77. The number of carbonyl (C=O) groups is 1. The summed E-state index contributed by atoms with van der Waals surface area (Å²) in [6.45, 7) is 1.47. The van der Waals surface area contributed by atoms with Crippen molar-refractivity contribution in [1.82, 2.24) is 14.2 Å². The van der Waals surface area contributed by atoms with E-state index in [1.165, 1.54) is 10.5 Å². The third-order valence-corrected chi connectivity index (χ3v) is 7.99. The van der Waals surface area contributed by atoms with Gasteiger partial charge < -0.3 is 9.64 Å². The molecule has 1 aromatic heterocycles. The summed E-state index contributed by atoms with van der Waals surface area (Å²) < 4.78 is 32.3. The Balaban J connectivity index is 1.41. The summed E-state index contributed by atoms with van der Waals surface area (Å²) in [5.41, 5.74) is 1.12. The fraction of sp³-hybridized carbons (Fsp3) is 0.455. The molecule has 0 saturated carbocycles. The van der Waals surface area contributed by atoms with Crippen LogP contribution in [0.5, 0.6) is 5.75 Å². The first-order valence-electron chi connectivity index (χ1n) is 10.4. The van der Waals surface area contributed by atoms with Gasteiger partial charge in [-0.05, 0) is 55.5 Å². The highest BCUT2D eigenvalue weighted by atomic mass is 32.2. The SMILES string of the molecule is COc1ccc(C2CCCN2C(=O)C2CCN(S(=O)(=O)c3cccnc3)CC2)cc1. The number of pyridine rings is 1. The number of amides is 1. The van der Waals surface area contributed by atoms with E-state index in [2.05, 4.69) is 4.98 Å². The number of ether oxygens (including phenoxy) is 1. The van der Waals surface area contributed by atoms with Crippen molar-refractivity contribution in [3.05, 3.63) is 54.4 Å². The van der Waals surface area contributed by atoms with Gasteiger partial charge in [-0.25, -0.2) is 8.42 Å². The van der Waals surface area contributed by atoms with Crippen LogP contribution in [0.15, 0.2) is 53.7 Å². The molecule has 1 unspecified atom stereocenters. The van der Waals surface area contributed by atoms with Crippen LogP contribution in [0.25, 0.3) is 0 Å². The Kier molecular flexibility index (Phi) is 6.06. The summed E-state index contributed by atoms with van der Waals surface area (Å²) in [5, 5.41) is 0. The standard InChI is InChI=1S/C22H27N3O4S/c1-29-19-8-6-17(7-9-19)21-5-3-13-25(21)22(26)18-10-14-24(15-11-18)30(27,28)20-4-2-12-23-16-20/h2,4,6-9,12,16,18,21H,3,5,10-11,13-15H2,1H3. The smallest absolute Gasteiger partial charge is 0.244 e. The average molecular weight is 430 g/mol. The molecule has 2 saturated heterocycles. The van der Waals surface area contributed by atoms with Gasteiger partial charge in [0.15, 0.2) is 0 Å². The van der Waals surface area contributed by atoms with Crippen molar-refractivity contribution >= 4 is 15.9 Å². The van der Waals surface area contributed by atoms with Crippen molar-refractivity contribution in [3.63, 3.8) is 0 Å². The van der Waals surface area contributed by atoms with Crippen LogP contribution in [0.4, 0.5) is 0 Å². The lowest BCUT2D eigenvalue weighted by Crippen LogP contribution is -2.44. The minimum absolute atomic E-state index is 0.0839. The summed E-state index contributed by atoms with van der Waals surface area (Å²) in [5.74, 6) is 0.813. The number of methoxy groups -OCH3 is 1. The van der Waals surface area contributed by atoms with E-state index < -0.39 is 10.0 Å². The molecule has 0 spiro atoms. The molecule has 0 bridgehead atoms. The number of sulfonamides is 1. The van der Waals surface area contributed by atoms with E-state index in [0.29, 0.717) is 25.9 Å². The normalized spacial score (nSPS) is 21.0. The molecule has 0 N–H and O–H groups in total. The molecule has 0 radical (unpaired) electrons. The van der Waals surface area contributed by atoms with Gasteiger partial charge in [0.2, 0.25) is 15.9 Å². The van der Waals surface area contributed by atoms with Crippen molar-refractivity contribution in [2.75, 3.05) is 26.7 Å². The molecule has 0 aliphatic carbocycles. The van der Waals surface area contributed by atoms with Crippen molar-refractivity contribution < 1.29 is 17.9 Å². The average Bonchev–Trinajstić information content (AvgIpc) is 3.29. The van der Waals surface area contributed by atoms with Gasteiger partial charge in [0.1, 0.15) is 10.6 Å². The summed E-state index contributed by atoms with van der Waals surface area (Å²) in [6.07, 6.45) is 5.95. The van der Waals surface area contributed by atoms with Crippen LogP contribution in [0.2, 0.25) is 0 Å². The number of nitrogens with zero attached hydrogens (tertiary/aromatic N) is 3. The molecule has 2 aliphatic rings. The first-order valence-corrected chi connectivity index (χ1v) is 11.8. The molecule has 160 valence electrons. The largest absolute Gasteiger partial charge is 0.497 e. The van der Waals surface area contributed by atoms with E-state index in [9.17, 15) is 13.2 Å². The molecule has 2 aromatic rings. The van der Waals surface area contributed by atoms with Crippen LogP contribution in [-0.2, 0) is 14.8 Å². The molecule has 3 heterocycles. The Morgan fingerprint density at radius 1 is 1.07 bits per heavy atom. The molecular formula is C22H27N3O4S. The van der Waals surface area contributed by atoms with Gasteiger partial charge in [-0.1, -0.05) is 12.1 Å². The zero-order valence-corrected chi connectivity index (χ0v) is 17.9. The highest BCUT2D eigenvalue weighted by Gasteiger charge is 2.37. The second kappa shape index (κ2) is 8.73. The minimum Gasteiger partial charge on any atom is -0.497 e. The Bertz CT molecular complexity index is 971. The van der Waals surface area contributed by atoms with Gasteiger partial charge in [0.25, 0.3) is 0 Å². The Morgan fingerprint density at radius 3 is 2.43 bits per heavy atom. The molecular weight excluding hydrogens is 402 g/mol. The number of hydrogen-bond acceptors (Lipinski definition) is 5. The van der Waals surface area contributed by atoms with Gasteiger partial charge >= 0.3 is 0 Å². The summed E-state index contributed by atoms with van der Waals surface area (Å²) in [7, 11) is -1.92. The lowest BCUT2D eigenvalue weighted by molar-refractivity contribution is -0.137. The van der Waals surface area contributed by atoms with Crippen molar-refractivity contribution in [3.8, 4) is 5.75 Å². The summed E-state index contributed by atoms with van der Waals surface area (Å²) >= 11 is 0. The quantitative estimate of drug-likeness (QED) is 0.730. The van der Waals surface area contributed by atoms with Gasteiger partial charge in [-0.15, -0.1) is 0 Å².